The van der Waals surface area contributed by atoms with Gasteiger partial charge in [0.25, 0.3) is 0 Å². The van der Waals surface area contributed by atoms with Crippen LogP contribution in [-0.4, -0.2) is 33.6 Å². The van der Waals surface area contributed by atoms with Gasteiger partial charge in [-0.2, -0.15) is 0 Å². The first-order valence-corrected chi connectivity index (χ1v) is 10.4. The summed E-state index contributed by atoms with van der Waals surface area (Å²) in [5, 5.41) is 11.8. The van der Waals surface area contributed by atoms with E-state index >= 15 is 0 Å². The maximum absolute atomic E-state index is 12.6. The number of para-hydroxylation sites is 2. The third-order valence-electron chi connectivity index (χ3n) is 4.61. The number of anilines is 1. The van der Waals surface area contributed by atoms with Crippen LogP contribution in [0.2, 0.25) is 0 Å². The normalized spacial score (nSPS) is 10.7. The lowest BCUT2D eigenvalue weighted by Gasteiger charge is -2.14. The van der Waals surface area contributed by atoms with Crippen LogP contribution in [0.1, 0.15) is 25.0 Å². The molecule has 0 aliphatic carbocycles. The van der Waals surface area contributed by atoms with E-state index < -0.39 is 0 Å². The summed E-state index contributed by atoms with van der Waals surface area (Å²) in [6.07, 6.45) is 1.71. The molecular weight excluding hydrogens is 386 g/mol. The lowest BCUT2D eigenvalue weighted by Crippen LogP contribution is -2.18. The number of aryl methyl sites for hydroxylation is 2. The molecule has 0 atom stereocenters. The van der Waals surface area contributed by atoms with E-state index in [2.05, 4.69) is 29.4 Å². The minimum absolute atomic E-state index is 0.104. The van der Waals surface area contributed by atoms with Gasteiger partial charge in [0.1, 0.15) is 5.75 Å². The number of ether oxygens (including phenoxy) is 1. The number of aromatic nitrogens is 3. The number of nitrogens with zero attached hydrogens (tertiary/aromatic N) is 3. The molecule has 0 aliphatic heterocycles. The number of hydrogen-bond acceptors (Lipinski definition) is 6. The molecule has 1 amide bonds. The number of hydrogen-bond donors (Lipinski definition) is 2. The maximum Gasteiger partial charge on any atom is 0.234 e. The fraction of sp³-hybridized carbons (Fsp3) is 0.286. The van der Waals surface area contributed by atoms with Crippen LogP contribution in [0.4, 0.5) is 5.69 Å². The fourth-order valence-corrected chi connectivity index (χ4v) is 3.75. The molecule has 0 saturated heterocycles. The number of rotatable bonds is 8. The topological polar surface area (TPSA) is 95.1 Å². The number of methoxy groups -OCH3 is 1. The average Bonchev–Trinajstić information content (AvgIpc) is 3.12. The molecule has 0 radical (unpaired) electrons. The van der Waals surface area contributed by atoms with Crippen LogP contribution in [0.5, 0.6) is 5.75 Å². The number of nitrogens with two attached hydrogens (primary N) is 1. The van der Waals surface area contributed by atoms with Crippen molar-refractivity contribution in [3.63, 3.8) is 0 Å². The smallest absolute Gasteiger partial charge is 0.234 e. The summed E-state index contributed by atoms with van der Waals surface area (Å²) < 4.78 is 6.75. The predicted molar refractivity (Wildman–Crippen MR) is 117 cm³/mol. The highest BCUT2D eigenvalue weighted by Gasteiger charge is 2.17. The van der Waals surface area contributed by atoms with Crippen LogP contribution in [0, 0.1) is 0 Å². The molecule has 1 heterocycles. The van der Waals surface area contributed by atoms with E-state index in [4.69, 9.17) is 10.6 Å². The molecule has 0 unspecified atom stereocenters. The average molecular weight is 412 g/mol. The second-order valence-corrected chi connectivity index (χ2v) is 7.31. The number of nitrogen functional groups attached to an aromatic ring is 1. The van der Waals surface area contributed by atoms with Gasteiger partial charge in [-0.1, -0.05) is 55.9 Å². The highest BCUT2D eigenvalue weighted by molar-refractivity contribution is 7.99. The Morgan fingerprint density at radius 1 is 1.10 bits per heavy atom. The molecule has 8 heteroatoms. The summed E-state index contributed by atoms with van der Waals surface area (Å²) in [6.45, 7) is 4.16. The van der Waals surface area contributed by atoms with E-state index in [1.165, 1.54) is 16.4 Å². The van der Waals surface area contributed by atoms with Crippen LogP contribution in [0.3, 0.4) is 0 Å². The zero-order valence-corrected chi connectivity index (χ0v) is 17.6. The number of nitrogens with one attached hydrogen (secondary N) is 1. The predicted octanol–water partition coefficient (Wildman–Crippen LogP) is 3.52. The Hall–Kier alpha value is -3.00. The number of thioether (sulfide) groups is 1. The van der Waals surface area contributed by atoms with Crippen LogP contribution < -0.4 is 15.9 Å². The monoisotopic (exact) mass is 411 g/mol. The second-order valence-electron chi connectivity index (χ2n) is 6.37. The van der Waals surface area contributed by atoms with Crippen LogP contribution in [0.25, 0.3) is 11.4 Å². The van der Waals surface area contributed by atoms with Gasteiger partial charge in [0.05, 0.1) is 18.4 Å². The third-order valence-corrected chi connectivity index (χ3v) is 5.55. The quantitative estimate of drug-likeness (QED) is 0.435. The van der Waals surface area contributed by atoms with Gasteiger partial charge in [-0.05, 0) is 36.1 Å². The van der Waals surface area contributed by atoms with Crippen LogP contribution in [-0.2, 0) is 17.6 Å². The standard InChI is InChI=1S/C21H25N5O2S/c1-4-14-9-8-10-15(5-2)19(14)23-18(27)13-29-21-25-24-20(26(21)22)16-11-6-7-12-17(16)28-3/h6-12H,4-5,13,22H2,1-3H3,(H,23,27). The van der Waals surface area contributed by atoms with Crippen molar-refractivity contribution in [3.8, 4) is 17.1 Å². The van der Waals surface area contributed by atoms with Gasteiger partial charge in [-0.3, -0.25) is 4.79 Å². The van der Waals surface area contributed by atoms with E-state index in [1.54, 1.807) is 7.11 Å². The van der Waals surface area contributed by atoms with Crippen molar-refractivity contribution in [2.75, 3.05) is 24.0 Å². The molecule has 3 N–H and O–H groups in total. The summed E-state index contributed by atoms with van der Waals surface area (Å²) >= 11 is 1.24. The fourth-order valence-electron chi connectivity index (χ4n) is 3.10. The summed E-state index contributed by atoms with van der Waals surface area (Å²) in [4.78, 5) is 12.6. The molecule has 1 aromatic heterocycles. The van der Waals surface area contributed by atoms with E-state index in [9.17, 15) is 4.79 Å². The zero-order chi connectivity index (χ0) is 20.8. The molecular formula is C21H25N5O2S. The van der Waals surface area contributed by atoms with Crippen LogP contribution in [0.15, 0.2) is 47.6 Å². The molecule has 3 aromatic rings. The van der Waals surface area contributed by atoms with Crippen molar-refractivity contribution in [1.29, 1.82) is 0 Å². The highest BCUT2D eigenvalue weighted by atomic mass is 32.2. The van der Waals surface area contributed by atoms with E-state index in [-0.39, 0.29) is 11.7 Å². The molecule has 0 aliphatic rings. The Bertz CT molecular complexity index is 980. The first-order valence-electron chi connectivity index (χ1n) is 9.46. The SMILES string of the molecule is CCc1cccc(CC)c1NC(=O)CSc1nnc(-c2ccccc2OC)n1N. The van der Waals surface area contributed by atoms with Gasteiger partial charge in [0.15, 0.2) is 5.82 Å². The minimum atomic E-state index is -0.104. The summed E-state index contributed by atoms with van der Waals surface area (Å²) in [6, 6.07) is 13.6. The van der Waals surface area contributed by atoms with Gasteiger partial charge < -0.3 is 15.9 Å². The maximum atomic E-state index is 12.6. The van der Waals surface area contributed by atoms with E-state index in [0.717, 1.165) is 35.2 Å². The Labute approximate surface area is 174 Å². The molecule has 2 aromatic carbocycles. The lowest BCUT2D eigenvalue weighted by molar-refractivity contribution is -0.113. The van der Waals surface area contributed by atoms with Gasteiger partial charge >= 0.3 is 0 Å². The van der Waals surface area contributed by atoms with Crippen molar-refractivity contribution in [2.24, 2.45) is 0 Å². The first-order chi connectivity index (χ1) is 14.1. The molecule has 7 nitrogen and oxygen atoms in total. The second kappa shape index (κ2) is 9.47. The van der Waals surface area contributed by atoms with Crippen LogP contribution >= 0.6 is 11.8 Å². The Kier molecular flexibility index (Phi) is 6.77. The first kappa shape index (κ1) is 20.7. The van der Waals surface area contributed by atoms with E-state index in [1.807, 2.05) is 42.5 Å². The van der Waals surface area contributed by atoms with Crippen molar-refractivity contribution in [1.82, 2.24) is 14.9 Å². The largest absolute Gasteiger partial charge is 0.496 e. The number of carbonyl (C=O) groups excluding carboxylic acids is 1. The van der Waals surface area contributed by atoms with Gasteiger partial charge in [0.2, 0.25) is 11.1 Å². The Balaban J connectivity index is 1.72. The summed E-state index contributed by atoms with van der Waals surface area (Å²) in [5.74, 6) is 7.39. The molecule has 152 valence electrons. The minimum Gasteiger partial charge on any atom is -0.496 e. The zero-order valence-electron chi connectivity index (χ0n) is 16.8. The molecule has 0 fully saturated rings. The van der Waals surface area contributed by atoms with Gasteiger partial charge in [-0.15, -0.1) is 10.2 Å². The lowest BCUT2D eigenvalue weighted by atomic mass is 10.0. The van der Waals surface area contributed by atoms with Gasteiger partial charge in [-0.25, -0.2) is 4.68 Å². The number of carbonyl (C=O) groups is 1. The molecule has 0 bridgehead atoms. The van der Waals surface area contributed by atoms with Gasteiger partial charge in [0, 0.05) is 5.69 Å². The molecule has 3 rings (SSSR count). The van der Waals surface area contributed by atoms with E-state index in [0.29, 0.717) is 16.7 Å². The van der Waals surface area contributed by atoms with Crippen molar-refractivity contribution in [3.05, 3.63) is 53.6 Å². The summed E-state index contributed by atoms with van der Waals surface area (Å²) in [5.41, 5.74) is 3.91. The Morgan fingerprint density at radius 2 is 1.79 bits per heavy atom. The summed E-state index contributed by atoms with van der Waals surface area (Å²) in [7, 11) is 1.59. The van der Waals surface area contributed by atoms with Crippen molar-refractivity contribution in [2.45, 2.75) is 31.8 Å². The number of amides is 1. The van der Waals surface area contributed by atoms with Crippen molar-refractivity contribution < 1.29 is 9.53 Å². The Morgan fingerprint density at radius 3 is 2.45 bits per heavy atom. The third kappa shape index (κ3) is 4.54. The molecule has 0 spiro atoms. The number of benzene rings is 2. The van der Waals surface area contributed by atoms with Crippen molar-refractivity contribution >= 4 is 23.4 Å². The molecule has 0 saturated carbocycles. The molecule has 29 heavy (non-hydrogen) atoms. The highest BCUT2D eigenvalue weighted by Crippen LogP contribution is 2.29.